The van der Waals surface area contributed by atoms with E-state index in [0.717, 1.165) is 54.0 Å². The first-order valence-electron chi connectivity index (χ1n) is 9.52. The van der Waals surface area contributed by atoms with Crippen LogP contribution in [0.3, 0.4) is 0 Å². The summed E-state index contributed by atoms with van der Waals surface area (Å²) in [4.78, 5) is 25.4. The molecule has 1 aliphatic carbocycles. The van der Waals surface area contributed by atoms with Gasteiger partial charge in [-0.15, -0.1) is 0 Å². The zero-order chi connectivity index (χ0) is 19.8. The number of ketones is 1. The first kappa shape index (κ1) is 18.7. The van der Waals surface area contributed by atoms with E-state index in [2.05, 4.69) is 5.10 Å². The van der Waals surface area contributed by atoms with Crippen LogP contribution in [0.15, 0.2) is 41.2 Å². The molecule has 3 aromatic rings. The molecule has 1 aliphatic rings. The Labute approximate surface area is 168 Å². The molecule has 0 radical (unpaired) electrons. The van der Waals surface area contributed by atoms with Crippen molar-refractivity contribution in [3.05, 3.63) is 80.0 Å². The Kier molecular flexibility index (Phi) is 4.94. The molecule has 4 rings (SSSR count). The van der Waals surface area contributed by atoms with Crippen molar-refractivity contribution in [2.75, 3.05) is 0 Å². The number of rotatable bonds is 4. The van der Waals surface area contributed by atoms with Gasteiger partial charge in [0, 0.05) is 33.7 Å². The number of nitrogens with zero attached hydrogens (tertiary/aromatic N) is 3. The minimum Gasteiger partial charge on any atom is -0.318 e. The first-order valence-corrected chi connectivity index (χ1v) is 9.90. The number of carbonyl (C=O) groups is 1. The van der Waals surface area contributed by atoms with Crippen LogP contribution >= 0.6 is 11.6 Å². The number of aryl methyl sites for hydroxylation is 3. The normalized spacial score (nSPS) is 13.4. The summed E-state index contributed by atoms with van der Waals surface area (Å²) in [5, 5.41) is 5.13. The predicted octanol–water partition coefficient (Wildman–Crippen LogP) is 4.07. The Balaban J connectivity index is 1.65. The molecule has 0 aliphatic heterocycles. The average Bonchev–Trinajstić information content (AvgIpc) is 2.97. The minimum atomic E-state index is -0.208. The molecule has 144 valence electrons. The standard InChI is InChI=1S/C22H22ClN3O2/c1-14-11-19(15(2)26(14)18-9-7-17(23)8-10-18)21(27)13-25-22(28)12-16-5-3-4-6-20(16)24-25/h7-12H,3-6,13H2,1-2H3. The third-order valence-electron chi connectivity index (χ3n) is 5.38. The van der Waals surface area contributed by atoms with Crippen LogP contribution in [0.4, 0.5) is 0 Å². The second-order valence-corrected chi connectivity index (χ2v) is 7.78. The second-order valence-electron chi connectivity index (χ2n) is 7.34. The minimum absolute atomic E-state index is 0.0446. The van der Waals surface area contributed by atoms with Crippen LogP contribution < -0.4 is 5.56 Å². The summed E-state index contributed by atoms with van der Waals surface area (Å²) in [6.07, 6.45) is 3.94. The Hall–Kier alpha value is -2.66. The monoisotopic (exact) mass is 395 g/mol. The fourth-order valence-corrected chi connectivity index (χ4v) is 4.09. The molecule has 0 saturated heterocycles. The molecule has 5 nitrogen and oxygen atoms in total. The number of hydrogen-bond donors (Lipinski definition) is 0. The fraction of sp³-hybridized carbons (Fsp3) is 0.318. The first-order chi connectivity index (χ1) is 13.4. The molecule has 0 bridgehead atoms. The quantitative estimate of drug-likeness (QED) is 0.626. The molecule has 0 spiro atoms. The zero-order valence-electron chi connectivity index (χ0n) is 16.0. The molecule has 6 heteroatoms. The molecule has 0 atom stereocenters. The Morgan fingerprint density at radius 1 is 1.11 bits per heavy atom. The van der Waals surface area contributed by atoms with Gasteiger partial charge < -0.3 is 4.57 Å². The maximum absolute atomic E-state index is 13.0. The number of benzene rings is 1. The van der Waals surface area contributed by atoms with Gasteiger partial charge in [-0.2, -0.15) is 5.10 Å². The van der Waals surface area contributed by atoms with Crippen LogP contribution in [0.5, 0.6) is 0 Å². The van der Waals surface area contributed by atoms with Crippen molar-refractivity contribution in [1.29, 1.82) is 0 Å². The van der Waals surface area contributed by atoms with Crippen molar-refractivity contribution in [3.8, 4) is 5.69 Å². The zero-order valence-corrected chi connectivity index (χ0v) is 16.8. The van der Waals surface area contributed by atoms with E-state index < -0.39 is 0 Å². The molecular formula is C22H22ClN3O2. The maximum Gasteiger partial charge on any atom is 0.267 e. The van der Waals surface area contributed by atoms with Crippen LogP contribution in [0.2, 0.25) is 5.02 Å². The van der Waals surface area contributed by atoms with Crippen LogP contribution in [-0.2, 0) is 19.4 Å². The fourth-order valence-electron chi connectivity index (χ4n) is 3.97. The van der Waals surface area contributed by atoms with Crippen LogP contribution in [0.1, 0.15) is 45.8 Å². The number of Topliss-reactive ketones (excluding diaryl/α,β-unsaturated/α-hetero) is 1. The van der Waals surface area contributed by atoms with E-state index in [0.29, 0.717) is 10.6 Å². The van der Waals surface area contributed by atoms with E-state index in [9.17, 15) is 9.59 Å². The molecule has 28 heavy (non-hydrogen) atoms. The summed E-state index contributed by atoms with van der Waals surface area (Å²) in [5.74, 6) is -0.112. The topological polar surface area (TPSA) is 56.9 Å². The van der Waals surface area contributed by atoms with Crippen molar-refractivity contribution >= 4 is 17.4 Å². The molecule has 0 amide bonds. The van der Waals surface area contributed by atoms with E-state index in [-0.39, 0.29) is 17.9 Å². The maximum atomic E-state index is 13.0. The number of hydrogen-bond acceptors (Lipinski definition) is 3. The van der Waals surface area contributed by atoms with Gasteiger partial charge in [0.05, 0.1) is 5.69 Å². The van der Waals surface area contributed by atoms with E-state index >= 15 is 0 Å². The summed E-state index contributed by atoms with van der Waals surface area (Å²) >= 11 is 5.99. The predicted molar refractivity (Wildman–Crippen MR) is 110 cm³/mol. The smallest absolute Gasteiger partial charge is 0.267 e. The van der Waals surface area contributed by atoms with E-state index in [1.807, 2.05) is 48.7 Å². The van der Waals surface area contributed by atoms with Crippen molar-refractivity contribution in [2.45, 2.75) is 46.1 Å². The molecule has 0 saturated carbocycles. The van der Waals surface area contributed by atoms with Crippen molar-refractivity contribution in [2.24, 2.45) is 0 Å². The van der Waals surface area contributed by atoms with Crippen LogP contribution in [0.25, 0.3) is 5.69 Å². The van der Waals surface area contributed by atoms with E-state index in [4.69, 9.17) is 11.6 Å². The highest BCUT2D eigenvalue weighted by Crippen LogP contribution is 2.23. The summed E-state index contributed by atoms with van der Waals surface area (Å²) < 4.78 is 3.33. The van der Waals surface area contributed by atoms with Gasteiger partial charge in [0.2, 0.25) is 0 Å². The third kappa shape index (κ3) is 3.42. The Morgan fingerprint density at radius 2 is 1.82 bits per heavy atom. The molecule has 2 aromatic heterocycles. The van der Waals surface area contributed by atoms with E-state index in [1.165, 1.54) is 4.68 Å². The van der Waals surface area contributed by atoms with E-state index in [1.54, 1.807) is 6.07 Å². The summed E-state index contributed by atoms with van der Waals surface area (Å²) in [7, 11) is 0. The largest absolute Gasteiger partial charge is 0.318 e. The highest BCUT2D eigenvalue weighted by atomic mass is 35.5. The van der Waals surface area contributed by atoms with Gasteiger partial charge in [-0.3, -0.25) is 9.59 Å². The van der Waals surface area contributed by atoms with Gasteiger partial charge in [-0.25, -0.2) is 4.68 Å². The van der Waals surface area contributed by atoms with Crippen molar-refractivity contribution in [1.82, 2.24) is 14.3 Å². The lowest BCUT2D eigenvalue weighted by Crippen LogP contribution is -2.29. The summed E-state index contributed by atoms with van der Waals surface area (Å²) in [6.45, 7) is 3.83. The van der Waals surface area contributed by atoms with Gasteiger partial charge in [0.1, 0.15) is 6.54 Å². The lowest BCUT2D eigenvalue weighted by Gasteiger charge is -2.15. The van der Waals surface area contributed by atoms with Gasteiger partial charge in [-0.1, -0.05) is 11.6 Å². The molecule has 2 heterocycles. The van der Waals surface area contributed by atoms with Crippen molar-refractivity contribution < 1.29 is 4.79 Å². The van der Waals surface area contributed by atoms with Crippen LogP contribution in [0, 0.1) is 13.8 Å². The molecule has 0 unspecified atom stereocenters. The van der Waals surface area contributed by atoms with Gasteiger partial charge in [0.15, 0.2) is 5.78 Å². The van der Waals surface area contributed by atoms with Crippen molar-refractivity contribution in [3.63, 3.8) is 0 Å². The van der Waals surface area contributed by atoms with Gasteiger partial charge >= 0.3 is 0 Å². The Bertz CT molecular complexity index is 1110. The number of aromatic nitrogens is 3. The lowest BCUT2D eigenvalue weighted by molar-refractivity contribution is 0.0964. The number of fused-ring (bicyclic) bond motifs is 1. The number of carbonyl (C=O) groups excluding carboxylic acids is 1. The highest BCUT2D eigenvalue weighted by molar-refractivity contribution is 6.30. The number of halogens is 1. The highest BCUT2D eigenvalue weighted by Gasteiger charge is 2.19. The summed E-state index contributed by atoms with van der Waals surface area (Å²) in [6, 6.07) is 11.0. The summed E-state index contributed by atoms with van der Waals surface area (Å²) in [5.41, 5.74) is 5.12. The lowest BCUT2D eigenvalue weighted by atomic mass is 9.97. The SMILES string of the molecule is Cc1cc(C(=O)Cn2nc3c(cc2=O)CCCC3)c(C)n1-c1ccc(Cl)cc1. The molecule has 0 fully saturated rings. The second kappa shape index (κ2) is 7.40. The molecule has 1 aromatic carbocycles. The third-order valence-corrected chi connectivity index (χ3v) is 5.64. The van der Waals surface area contributed by atoms with Crippen LogP contribution in [-0.4, -0.2) is 20.1 Å². The average molecular weight is 396 g/mol. The molecule has 0 N–H and O–H groups in total. The molecular weight excluding hydrogens is 374 g/mol. The van der Waals surface area contributed by atoms with Gasteiger partial charge in [0.25, 0.3) is 5.56 Å². The van der Waals surface area contributed by atoms with Gasteiger partial charge in [-0.05, 0) is 75.4 Å². The Morgan fingerprint density at radius 3 is 2.57 bits per heavy atom.